The molecule has 4 N–H and O–H groups in total. The first-order valence-corrected chi connectivity index (χ1v) is 13.9. The SMILES string of the molecule is Cc1cc(Nc2cc(N3CC(NS(C)(=O)=O)C3)nc(NC3C[C@H]4CC[C@@H](C3)N4CCC#N)n2)n[nH]1. The molecule has 0 aromatic carbocycles. The minimum Gasteiger partial charge on any atom is -0.353 e. The Labute approximate surface area is 205 Å². The lowest BCUT2D eigenvalue weighted by molar-refractivity contribution is 0.135. The zero-order chi connectivity index (χ0) is 24.6. The number of hydrogen-bond acceptors (Lipinski definition) is 10. The standard InChI is InChI=1S/C22H32N10O2S/c1-14-8-20(29-28-14)25-19-11-21(31-12-16(13-31)30-35(2,33)34)27-22(26-19)24-15-9-17-4-5-18(10-15)32(17)7-3-6-23/h8,11,15-18,30H,3-5,7,9-10,12-13H2,1-2H3,(H3,24,25,26,27,28,29)/t15?,17-,18+. The van der Waals surface area contributed by atoms with E-state index in [1.165, 1.54) is 19.1 Å². The lowest BCUT2D eigenvalue weighted by Gasteiger charge is -2.40. The molecule has 3 atom stereocenters. The summed E-state index contributed by atoms with van der Waals surface area (Å²) >= 11 is 0. The van der Waals surface area contributed by atoms with Gasteiger partial charge in [-0.2, -0.15) is 20.3 Å². The van der Waals surface area contributed by atoms with Crippen LogP contribution in [0.1, 0.15) is 37.8 Å². The molecule has 0 saturated carbocycles. The summed E-state index contributed by atoms with van der Waals surface area (Å²) < 4.78 is 25.7. The van der Waals surface area contributed by atoms with Gasteiger partial charge < -0.3 is 15.5 Å². The van der Waals surface area contributed by atoms with E-state index in [4.69, 9.17) is 15.2 Å². The van der Waals surface area contributed by atoms with Crippen LogP contribution in [0.25, 0.3) is 0 Å². The normalized spacial score (nSPS) is 24.7. The minimum atomic E-state index is -3.25. The number of fused-ring (bicyclic) bond motifs is 2. The molecule has 1 unspecified atom stereocenters. The van der Waals surface area contributed by atoms with Crippen molar-refractivity contribution in [3.05, 3.63) is 17.8 Å². The average Bonchev–Trinajstić information content (AvgIpc) is 3.26. The van der Waals surface area contributed by atoms with Gasteiger partial charge in [-0.25, -0.2) is 13.1 Å². The summed E-state index contributed by atoms with van der Waals surface area (Å²) in [6.45, 7) is 3.87. The number of sulfonamides is 1. The summed E-state index contributed by atoms with van der Waals surface area (Å²) in [5.74, 6) is 2.57. The molecule has 3 fully saturated rings. The van der Waals surface area contributed by atoms with Crippen molar-refractivity contribution in [2.45, 2.75) is 63.2 Å². The molecule has 3 aliphatic rings. The summed E-state index contributed by atoms with van der Waals surface area (Å²) in [7, 11) is -3.25. The Balaban J connectivity index is 1.31. The molecule has 0 aliphatic carbocycles. The van der Waals surface area contributed by atoms with Gasteiger partial charge in [0.25, 0.3) is 0 Å². The number of piperidine rings is 1. The molecule has 0 spiro atoms. The first-order valence-electron chi connectivity index (χ1n) is 12.1. The molecule has 5 rings (SSSR count). The Hall–Kier alpha value is -2.95. The molecule has 2 bridgehead atoms. The number of aryl methyl sites for hydroxylation is 1. The van der Waals surface area contributed by atoms with Crippen molar-refractivity contribution in [3.63, 3.8) is 0 Å². The lowest BCUT2D eigenvalue weighted by atomic mass is 9.97. The minimum absolute atomic E-state index is 0.130. The Kier molecular flexibility index (Phi) is 6.52. The van der Waals surface area contributed by atoms with E-state index in [1.807, 2.05) is 24.0 Å². The van der Waals surface area contributed by atoms with Crippen molar-refractivity contribution in [3.8, 4) is 6.07 Å². The maximum Gasteiger partial charge on any atom is 0.226 e. The van der Waals surface area contributed by atoms with Crippen LogP contribution in [0.2, 0.25) is 0 Å². The fourth-order valence-electron chi connectivity index (χ4n) is 5.50. The number of rotatable bonds is 9. The van der Waals surface area contributed by atoms with Crippen molar-refractivity contribution in [2.75, 3.05) is 41.4 Å². The highest BCUT2D eigenvalue weighted by atomic mass is 32.2. The number of aromatic amines is 1. The third-order valence-electron chi connectivity index (χ3n) is 6.96. The topological polar surface area (TPSA) is 155 Å². The van der Waals surface area contributed by atoms with Crippen LogP contribution in [0.3, 0.4) is 0 Å². The van der Waals surface area contributed by atoms with Gasteiger partial charge in [-0.15, -0.1) is 0 Å². The highest BCUT2D eigenvalue weighted by Crippen LogP contribution is 2.37. The Morgan fingerprint density at radius 1 is 1.14 bits per heavy atom. The molecule has 5 heterocycles. The van der Waals surface area contributed by atoms with Crippen molar-refractivity contribution < 1.29 is 8.42 Å². The van der Waals surface area contributed by atoms with Crippen LogP contribution in [0.5, 0.6) is 0 Å². The number of hydrogen-bond donors (Lipinski definition) is 4. The average molecular weight is 501 g/mol. The van der Waals surface area contributed by atoms with E-state index >= 15 is 0 Å². The molecule has 12 nitrogen and oxygen atoms in total. The first-order chi connectivity index (χ1) is 16.8. The molecule has 188 valence electrons. The molecular weight excluding hydrogens is 468 g/mol. The van der Waals surface area contributed by atoms with Crippen LogP contribution >= 0.6 is 0 Å². The van der Waals surface area contributed by atoms with Crippen molar-refractivity contribution >= 4 is 33.4 Å². The summed E-state index contributed by atoms with van der Waals surface area (Å²) in [6.07, 6.45) is 6.09. The second kappa shape index (κ2) is 9.60. The molecule has 2 aromatic rings. The van der Waals surface area contributed by atoms with Crippen LogP contribution in [0.4, 0.5) is 23.4 Å². The maximum atomic E-state index is 11.5. The quantitative estimate of drug-likeness (QED) is 0.396. The van der Waals surface area contributed by atoms with Gasteiger partial charge in [0, 0.05) is 62.0 Å². The summed E-state index contributed by atoms with van der Waals surface area (Å²) in [4.78, 5) is 14.0. The molecule has 0 amide bonds. The van der Waals surface area contributed by atoms with Gasteiger partial charge in [0.15, 0.2) is 5.82 Å². The van der Waals surface area contributed by atoms with Gasteiger partial charge in [0.1, 0.15) is 11.6 Å². The highest BCUT2D eigenvalue weighted by molar-refractivity contribution is 7.88. The summed E-state index contributed by atoms with van der Waals surface area (Å²) in [5.41, 5.74) is 0.941. The second-order valence-corrected chi connectivity index (χ2v) is 11.6. The van der Waals surface area contributed by atoms with Crippen LogP contribution in [0, 0.1) is 18.3 Å². The number of nitrogens with one attached hydrogen (secondary N) is 4. The highest BCUT2D eigenvalue weighted by Gasteiger charge is 2.40. The second-order valence-electron chi connectivity index (χ2n) is 9.83. The Morgan fingerprint density at radius 3 is 2.51 bits per heavy atom. The fourth-order valence-corrected chi connectivity index (χ4v) is 6.25. The number of H-pyrrole nitrogens is 1. The Bertz CT molecular complexity index is 1190. The van der Waals surface area contributed by atoms with Crippen LogP contribution in [-0.4, -0.2) is 83.5 Å². The predicted molar refractivity (Wildman–Crippen MR) is 133 cm³/mol. The zero-order valence-electron chi connectivity index (χ0n) is 20.0. The lowest BCUT2D eigenvalue weighted by Crippen LogP contribution is -2.59. The molecule has 0 radical (unpaired) electrons. The number of nitrogens with zero attached hydrogens (tertiary/aromatic N) is 6. The molecule has 2 aromatic heterocycles. The van der Waals surface area contributed by atoms with Crippen molar-refractivity contribution in [1.29, 1.82) is 5.26 Å². The number of anilines is 4. The van der Waals surface area contributed by atoms with E-state index in [2.05, 4.69) is 36.5 Å². The predicted octanol–water partition coefficient (Wildman–Crippen LogP) is 1.31. The number of nitriles is 1. The van der Waals surface area contributed by atoms with Crippen LogP contribution < -0.4 is 20.3 Å². The largest absolute Gasteiger partial charge is 0.353 e. The van der Waals surface area contributed by atoms with E-state index in [-0.39, 0.29) is 12.1 Å². The smallest absolute Gasteiger partial charge is 0.226 e. The van der Waals surface area contributed by atoms with E-state index in [0.717, 1.165) is 30.9 Å². The van der Waals surface area contributed by atoms with Gasteiger partial charge in [0.05, 0.1) is 18.4 Å². The fraction of sp³-hybridized carbons (Fsp3) is 0.636. The first kappa shape index (κ1) is 23.8. The van der Waals surface area contributed by atoms with Gasteiger partial charge in [0.2, 0.25) is 16.0 Å². The third kappa shape index (κ3) is 5.66. The van der Waals surface area contributed by atoms with Crippen LogP contribution in [-0.2, 0) is 10.0 Å². The van der Waals surface area contributed by atoms with E-state index in [1.54, 1.807) is 0 Å². The van der Waals surface area contributed by atoms with Gasteiger partial charge in [-0.1, -0.05) is 0 Å². The van der Waals surface area contributed by atoms with Crippen LogP contribution in [0.15, 0.2) is 12.1 Å². The summed E-state index contributed by atoms with van der Waals surface area (Å²) in [6, 6.07) is 7.15. The van der Waals surface area contributed by atoms with E-state index < -0.39 is 10.0 Å². The van der Waals surface area contributed by atoms with Crippen molar-refractivity contribution in [1.82, 2.24) is 29.8 Å². The third-order valence-corrected chi connectivity index (χ3v) is 7.72. The van der Waals surface area contributed by atoms with Gasteiger partial charge >= 0.3 is 0 Å². The van der Waals surface area contributed by atoms with E-state index in [9.17, 15) is 8.42 Å². The van der Waals surface area contributed by atoms with Gasteiger partial charge in [-0.3, -0.25) is 10.00 Å². The molecule has 3 saturated heterocycles. The molecule has 35 heavy (non-hydrogen) atoms. The Morgan fingerprint density at radius 2 is 1.89 bits per heavy atom. The summed E-state index contributed by atoms with van der Waals surface area (Å²) in [5, 5.41) is 23.0. The van der Waals surface area contributed by atoms with Gasteiger partial charge in [-0.05, 0) is 32.6 Å². The van der Waals surface area contributed by atoms with E-state index in [0.29, 0.717) is 49.2 Å². The van der Waals surface area contributed by atoms with Crippen molar-refractivity contribution in [2.24, 2.45) is 0 Å². The maximum absolute atomic E-state index is 11.5. The molecule has 3 aliphatic heterocycles. The number of aromatic nitrogens is 4. The monoisotopic (exact) mass is 500 g/mol. The molecular formula is C22H32N10O2S. The molecule has 13 heteroatoms. The zero-order valence-corrected chi connectivity index (χ0v) is 20.8.